The maximum atomic E-state index is 11.8. The fourth-order valence-corrected chi connectivity index (χ4v) is 3.26. The summed E-state index contributed by atoms with van der Waals surface area (Å²) in [5.74, 6) is 0.378. The van der Waals surface area contributed by atoms with Gasteiger partial charge in [-0.25, -0.2) is 0 Å². The van der Waals surface area contributed by atoms with Crippen LogP contribution in [0.4, 0.5) is 11.8 Å². The molecule has 2 aliphatic rings. The van der Waals surface area contributed by atoms with Gasteiger partial charge < -0.3 is 20.7 Å². The quantitative estimate of drug-likeness (QED) is 0.559. The van der Waals surface area contributed by atoms with Crippen LogP contribution in [0.25, 0.3) is 0 Å². The van der Waals surface area contributed by atoms with E-state index < -0.39 is 18.4 Å². The molecule has 0 spiro atoms. The summed E-state index contributed by atoms with van der Waals surface area (Å²) in [5.41, 5.74) is 5.22. The summed E-state index contributed by atoms with van der Waals surface area (Å²) < 4.78 is 5.57. The summed E-state index contributed by atoms with van der Waals surface area (Å²) in [5, 5.41) is 19.5. The highest BCUT2D eigenvalue weighted by Crippen LogP contribution is 2.45. The molecule has 0 radical (unpaired) electrons. The molecule has 3 atom stereocenters. The molecule has 108 valence electrons. The number of aliphatic hydroxyl groups excluding tert-OH is 2. The Morgan fingerprint density at radius 1 is 1.65 bits per heavy atom. The summed E-state index contributed by atoms with van der Waals surface area (Å²) in [4.78, 5) is 20.4. The summed E-state index contributed by atoms with van der Waals surface area (Å²) in [6, 6.07) is 0. The van der Waals surface area contributed by atoms with Crippen LogP contribution in [0.1, 0.15) is 6.42 Å². The van der Waals surface area contributed by atoms with E-state index in [4.69, 9.17) is 15.6 Å². The Balaban J connectivity index is 1.97. The van der Waals surface area contributed by atoms with Crippen molar-refractivity contribution >= 4 is 23.5 Å². The number of hydrogen-bond acceptors (Lipinski definition) is 8. The molecule has 8 nitrogen and oxygen atoms in total. The first-order valence-electron chi connectivity index (χ1n) is 6.01. The van der Waals surface area contributed by atoms with E-state index in [1.54, 1.807) is 4.90 Å². The third-order valence-corrected chi connectivity index (χ3v) is 4.27. The molecule has 0 amide bonds. The molecule has 3 rings (SSSR count). The molecular weight excluding hydrogens is 284 g/mol. The molecule has 1 fully saturated rings. The Labute approximate surface area is 118 Å². The SMILES string of the molecule is C=C1Sc2c(nc(N)[nH]c2=O)N1[C@H]1C[C@H](O)[C@@H](CO)O1. The average Bonchev–Trinajstić information content (AvgIpc) is 2.89. The molecule has 0 aliphatic carbocycles. The molecule has 0 aromatic carbocycles. The van der Waals surface area contributed by atoms with Crippen molar-refractivity contribution in [3.63, 3.8) is 0 Å². The Kier molecular flexibility index (Phi) is 3.21. The van der Waals surface area contributed by atoms with Gasteiger partial charge in [-0.2, -0.15) is 4.98 Å². The third kappa shape index (κ3) is 1.99. The van der Waals surface area contributed by atoms with E-state index in [0.29, 0.717) is 22.2 Å². The van der Waals surface area contributed by atoms with Crippen molar-refractivity contribution in [1.29, 1.82) is 0 Å². The standard InChI is InChI=1S/C11H14N4O4S/c1-4-15(7-2-5(17)6(3-16)19-7)9-8(20-4)10(18)14-11(12)13-9/h5-7,16-17H,1-3H2,(H3,12,13,14,18)/t5-,6+,7+/m0/s1. The molecule has 0 bridgehead atoms. The normalized spacial score (nSPS) is 29.0. The number of nitrogen functional groups attached to an aromatic ring is 1. The summed E-state index contributed by atoms with van der Waals surface area (Å²) in [6.45, 7) is 3.60. The molecule has 2 aliphatic heterocycles. The second-order valence-corrected chi connectivity index (χ2v) is 5.67. The second kappa shape index (κ2) is 4.77. The molecule has 9 heteroatoms. The Morgan fingerprint density at radius 2 is 2.40 bits per heavy atom. The minimum Gasteiger partial charge on any atom is -0.394 e. The highest BCUT2D eigenvalue weighted by molar-refractivity contribution is 8.03. The van der Waals surface area contributed by atoms with Gasteiger partial charge in [0.25, 0.3) is 5.56 Å². The van der Waals surface area contributed by atoms with Crippen molar-refractivity contribution in [2.24, 2.45) is 0 Å². The number of fused-ring (bicyclic) bond motifs is 1. The van der Waals surface area contributed by atoms with Crippen molar-refractivity contribution < 1.29 is 14.9 Å². The lowest BCUT2D eigenvalue weighted by atomic mass is 10.2. The van der Waals surface area contributed by atoms with Crippen LogP contribution in [-0.2, 0) is 4.74 Å². The highest BCUT2D eigenvalue weighted by atomic mass is 32.2. The van der Waals surface area contributed by atoms with Gasteiger partial charge in [0, 0.05) is 6.42 Å². The predicted molar refractivity (Wildman–Crippen MR) is 73.1 cm³/mol. The Bertz CT molecular complexity index is 619. The van der Waals surface area contributed by atoms with Gasteiger partial charge in [0.15, 0.2) is 5.82 Å². The number of nitrogens with zero attached hydrogens (tertiary/aromatic N) is 2. The van der Waals surface area contributed by atoms with E-state index in [9.17, 15) is 9.90 Å². The maximum Gasteiger partial charge on any atom is 0.268 e. The van der Waals surface area contributed by atoms with Crippen molar-refractivity contribution in [2.45, 2.75) is 29.8 Å². The minimum absolute atomic E-state index is 0.00584. The van der Waals surface area contributed by atoms with Crippen LogP contribution in [0.2, 0.25) is 0 Å². The van der Waals surface area contributed by atoms with Crippen LogP contribution in [0.5, 0.6) is 0 Å². The van der Waals surface area contributed by atoms with Gasteiger partial charge in [0.1, 0.15) is 17.2 Å². The second-order valence-electron chi connectivity index (χ2n) is 4.58. The fourth-order valence-electron chi connectivity index (χ4n) is 2.34. The molecular formula is C11H14N4O4S. The minimum atomic E-state index is -0.772. The molecule has 1 aromatic heterocycles. The third-order valence-electron chi connectivity index (χ3n) is 3.27. The molecule has 1 saturated heterocycles. The van der Waals surface area contributed by atoms with Crippen LogP contribution in [0.15, 0.2) is 21.3 Å². The molecule has 20 heavy (non-hydrogen) atoms. The van der Waals surface area contributed by atoms with Crippen molar-refractivity contribution in [3.8, 4) is 0 Å². The van der Waals surface area contributed by atoms with E-state index in [-0.39, 0.29) is 18.1 Å². The number of H-pyrrole nitrogens is 1. The largest absolute Gasteiger partial charge is 0.394 e. The van der Waals surface area contributed by atoms with E-state index in [1.165, 1.54) is 11.8 Å². The van der Waals surface area contributed by atoms with Crippen molar-refractivity contribution in [1.82, 2.24) is 9.97 Å². The fraction of sp³-hybridized carbons (Fsp3) is 0.455. The first kappa shape index (κ1) is 13.4. The number of aliphatic hydroxyl groups is 2. The smallest absolute Gasteiger partial charge is 0.268 e. The zero-order valence-electron chi connectivity index (χ0n) is 10.4. The van der Waals surface area contributed by atoms with Crippen LogP contribution >= 0.6 is 11.8 Å². The number of thioether (sulfide) groups is 1. The monoisotopic (exact) mass is 298 g/mol. The first-order valence-corrected chi connectivity index (χ1v) is 6.83. The number of nitrogens with one attached hydrogen (secondary N) is 1. The van der Waals surface area contributed by atoms with Crippen LogP contribution in [0, 0.1) is 0 Å². The maximum absolute atomic E-state index is 11.8. The predicted octanol–water partition coefficient (Wildman–Crippen LogP) is -0.796. The summed E-state index contributed by atoms with van der Waals surface area (Å²) in [6.07, 6.45) is -1.66. The number of rotatable bonds is 2. The molecule has 0 saturated carbocycles. The van der Waals surface area contributed by atoms with Gasteiger partial charge >= 0.3 is 0 Å². The number of anilines is 2. The zero-order valence-corrected chi connectivity index (χ0v) is 11.3. The van der Waals surface area contributed by atoms with Gasteiger partial charge in [0.2, 0.25) is 5.95 Å². The number of ether oxygens (including phenoxy) is 1. The van der Waals surface area contributed by atoms with Gasteiger partial charge in [-0.05, 0) is 0 Å². The van der Waals surface area contributed by atoms with Gasteiger partial charge in [-0.15, -0.1) is 0 Å². The van der Waals surface area contributed by atoms with E-state index in [2.05, 4.69) is 16.5 Å². The summed E-state index contributed by atoms with van der Waals surface area (Å²) in [7, 11) is 0. The average molecular weight is 298 g/mol. The lowest BCUT2D eigenvalue weighted by Gasteiger charge is -2.25. The molecule has 1 aromatic rings. The Hall–Kier alpha value is -1.55. The van der Waals surface area contributed by atoms with Crippen LogP contribution in [-0.4, -0.2) is 45.2 Å². The van der Waals surface area contributed by atoms with Crippen molar-refractivity contribution in [2.75, 3.05) is 17.2 Å². The zero-order chi connectivity index (χ0) is 14.4. The van der Waals surface area contributed by atoms with E-state index in [1.807, 2.05) is 0 Å². The number of nitrogens with two attached hydrogens (primary N) is 1. The van der Waals surface area contributed by atoms with Gasteiger partial charge in [-0.3, -0.25) is 14.7 Å². The number of aromatic amines is 1. The first-order chi connectivity index (χ1) is 9.51. The van der Waals surface area contributed by atoms with E-state index in [0.717, 1.165) is 0 Å². The van der Waals surface area contributed by atoms with E-state index >= 15 is 0 Å². The molecule has 3 heterocycles. The van der Waals surface area contributed by atoms with Gasteiger partial charge in [-0.1, -0.05) is 18.3 Å². The van der Waals surface area contributed by atoms with Crippen LogP contribution in [0.3, 0.4) is 0 Å². The topological polar surface area (TPSA) is 125 Å². The Morgan fingerprint density at radius 3 is 3.05 bits per heavy atom. The number of aromatic nitrogens is 2. The summed E-state index contributed by atoms with van der Waals surface area (Å²) >= 11 is 1.18. The molecule has 0 unspecified atom stereocenters. The van der Waals surface area contributed by atoms with Crippen LogP contribution < -0.4 is 16.2 Å². The lowest BCUT2D eigenvalue weighted by molar-refractivity contribution is -0.0204. The highest BCUT2D eigenvalue weighted by Gasteiger charge is 2.42. The van der Waals surface area contributed by atoms with Gasteiger partial charge in [0.05, 0.1) is 17.7 Å². The lowest BCUT2D eigenvalue weighted by Crippen LogP contribution is -2.33. The molecule has 5 N–H and O–H groups in total. The number of hydrogen-bond donors (Lipinski definition) is 4. The van der Waals surface area contributed by atoms with Crippen molar-refractivity contribution in [3.05, 3.63) is 22.0 Å².